The molecule has 1 amide bonds. The van der Waals surface area contributed by atoms with Crippen molar-refractivity contribution >= 4 is 27.4 Å². The van der Waals surface area contributed by atoms with E-state index in [1.54, 1.807) is 0 Å². The van der Waals surface area contributed by atoms with Gasteiger partial charge in [-0.1, -0.05) is 6.92 Å². The molecular weight excluding hydrogens is 473 g/mol. The molecule has 0 bridgehead atoms. The second-order valence-corrected chi connectivity index (χ2v) is 9.77. The number of hydrogen-bond acceptors (Lipinski definition) is 6. The number of nitrogens with zero attached hydrogens (tertiary/aromatic N) is 3. The van der Waals surface area contributed by atoms with Crippen LogP contribution >= 0.6 is 0 Å². The minimum Gasteiger partial charge on any atom is -0.355 e. The van der Waals surface area contributed by atoms with Crippen molar-refractivity contribution in [2.45, 2.75) is 30.5 Å². The van der Waals surface area contributed by atoms with Gasteiger partial charge < -0.3 is 10.2 Å². The van der Waals surface area contributed by atoms with Gasteiger partial charge in [0.25, 0.3) is 21.9 Å². The maximum atomic E-state index is 14.1. The molecule has 14 heteroatoms. The summed E-state index contributed by atoms with van der Waals surface area (Å²) in [6, 6.07) is 2.73. The highest BCUT2D eigenvalue weighted by Crippen LogP contribution is 2.69. The molecule has 2 atom stereocenters. The lowest BCUT2D eigenvalue weighted by Gasteiger charge is -2.31. The van der Waals surface area contributed by atoms with Crippen LogP contribution in [0, 0.1) is 11.3 Å². The maximum Gasteiger partial charge on any atom is 0.417 e. The summed E-state index contributed by atoms with van der Waals surface area (Å²) in [7, 11) is -4.20. The van der Waals surface area contributed by atoms with Crippen LogP contribution < -0.4 is 15.4 Å². The van der Waals surface area contributed by atoms with Crippen LogP contribution in [0.1, 0.15) is 29.3 Å². The Bertz CT molecular complexity index is 1240. The van der Waals surface area contributed by atoms with Gasteiger partial charge in [0.2, 0.25) is 0 Å². The fourth-order valence-electron chi connectivity index (χ4n) is 4.08. The molecule has 4 rings (SSSR count). The number of fused-ring (bicyclic) bond motifs is 1. The van der Waals surface area contributed by atoms with Gasteiger partial charge in [0.1, 0.15) is 5.82 Å². The molecule has 8 nitrogen and oxygen atoms in total. The second-order valence-electron chi connectivity index (χ2n) is 8.26. The number of pyridine rings is 2. The number of primary sulfonamides is 1. The van der Waals surface area contributed by atoms with Crippen molar-refractivity contribution in [3.63, 3.8) is 0 Å². The molecule has 178 valence electrons. The number of anilines is 2. The smallest absolute Gasteiger partial charge is 0.355 e. The van der Waals surface area contributed by atoms with Gasteiger partial charge in [-0.05, 0) is 18.6 Å². The largest absolute Gasteiger partial charge is 0.417 e. The van der Waals surface area contributed by atoms with Crippen molar-refractivity contribution in [2.24, 2.45) is 16.5 Å². The Kier molecular flexibility index (Phi) is 5.16. The summed E-state index contributed by atoms with van der Waals surface area (Å²) in [5.74, 6) is -5.12. The lowest BCUT2D eigenvalue weighted by atomic mass is 9.97. The summed E-state index contributed by atoms with van der Waals surface area (Å²) in [6.07, 6.45) is -3.14. The third kappa shape index (κ3) is 4.01. The van der Waals surface area contributed by atoms with Crippen LogP contribution in [0.25, 0.3) is 0 Å². The number of nitrogens with two attached hydrogens (primary N) is 1. The van der Waals surface area contributed by atoms with Gasteiger partial charge in [0.05, 0.1) is 17.0 Å². The molecule has 2 fully saturated rings. The van der Waals surface area contributed by atoms with Crippen molar-refractivity contribution in [1.82, 2.24) is 9.97 Å². The SMILES string of the molecule is CC12CCN(c3ncc(C(F)(F)F)cc3C(=O)Nc3ccnc(S(N)(=O)=O)c3)CC1C2(F)F. The normalized spacial score (nSPS) is 24.2. The van der Waals surface area contributed by atoms with Crippen molar-refractivity contribution in [3.05, 3.63) is 41.7 Å². The first kappa shape index (κ1) is 23.3. The number of carbonyl (C=O) groups is 1. The van der Waals surface area contributed by atoms with Gasteiger partial charge in [-0.2, -0.15) is 13.2 Å². The van der Waals surface area contributed by atoms with Crippen LogP contribution in [0.15, 0.2) is 35.6 Å². The molecule has 0 spiro atoms. The highest BCUT2D eigenvalue weighted by atomic mass is 32.2. The molecular formula is C19H18F5N5O3S. The summed E-state index contributed by atoms with van der Waals surface area (Å²) in [5, 5.41) is 6.73. The molecule has 0 radical (unpaired) electrons. The summed E-state index contributed by atoms with van der Waals surface area (Å²) < 4.78 is 91.0. The van der Waals surface area contributed by atoms with E-state index in [0.29, 0.717) is 12.3 Å². The average molecular weight is 491 g/mol. The first-order valence-electron chi connectivity index (χ1n) is 9.65. The fourth-order valence-corrected chi connectivity index (χ4v) is 4.57. The Balaban J connectivity index is 1.68. The van der Waals surface area contributed by atoms with E-state index in [4.69, 9.17) is 5.14 Å². The van der Waals surface area contributed by atoms with E-state index in [1.807, 2.05) is 0 Å². The van der Waals surface area contributed by atoms with E-state index in [9.17, 15) is 35.2 Å². The standard InChI is InChI=1S/C19H18F5N5O3S/c1-17-3-5-29(9-13(17)18(17,20)21)15-12(6-10(8-27-15)19(22,23)24)16(30)28-11-2-4-26-14(7-11)33(25,31)32/h2,4,6-8,13H,3,5,9H2,1H3,(H2,25,31,32)(H,26,28,30). The Hall–Kier alpha value is -2.87. The molecule has 2 aromatic heterocycles. The first-order chi connectivity index (χ1) is 15.1. The van der Waals surface area contributed by atoms with E-state index < -0.39 is 55.5 Å². The van der Waals surface area contributed by atoms with E-state index >= 15 is 0 Å². The summed E-state index contributed by atoms with van der Waals surface area (Å²) >= 11 is 0. The van der Waals surface area contributed by atoms with Gasteiger partial charge in [-0.3, -0.25) is 4.79 Å². The zero-order valence-electron chi connectivity index (χ0n) is 17.0. The van der Waals surface area contributed by atoms with Gasteiger partial charge in [-0.15, -0.1) is 0 Å². The van der Waals surface area contributed by atoms with Crippen molar-refractivity contribution < 1.29 is 35.2 Å². The number of nitrogens with one attached hydrogen (secondary N) is 1. The van der Waals surface area contributed by atoms with Crippen LogP contribution in [0.4, 0.5) is 33.5 Å². The Morgan fingerprint density at radius 1 is 1.27 bits per heavy atom. The quantitative estimate of drug-likeness (QED) is 0.635. The zero-order chi connectivity index (χ0) is 24.4. The number of carbonyl (C=O) groups excluding carboxylic acids is 1. The molecule has 33 heavy (non-hydrogen) atoms. The van der Waals surface area contributed by atoms with Gasteiger partial charge in [0.15, 0.2) is 5.03 Å². The zero-order valence-corrected chi connectivity index (χ0v) is 17.8. The van der Waals surface area contributed by atoms with Crippen LogP contribution in [0.3, 0.4) is 0 Å². The molecule has 3 heterocycles. The molecule has 1 saturated carbocycles. The Morgan fingerprint density at radius 2 is 1.97 bits per heavy atom. The maximum absolute atomic E-state index is 14.1. The number of alkyl halides is 5. The third-order valence-electron chi connectivity index (χ3n) is 6.21. The predicted molar refractivity (Wildman–Crippen MR) is 106 cm³/mol. The highest BCUT2D eigenvalue weighted by Gasteiger charge is 2.78. The molecule has 0 aromatic carbocycles. The van der Waals surface area contributed by atoms with Crippen molar-refractivity contribution in [3.8, 4) is 0 Å². The predicted octanol–water partition coefficient (Wildman–Crippen LogP) is 2.88. The Morgan fingerprint density at radius 3 is 2.58 bits per heavy atom. The summed E-state index contributed by atoms with van der Waals surface area (Å²) in [4.78, 5) is 21.6. The monoisotopic (exact) mass is 491 g/mol. The second kappa shape index (κ2) is 7.32. The molecule has 2 unspecified atom stereocenters. The first-order valence-corrected chi connectivity index (χ1v) is 11.2. The van der Waals surface area contributed by atoms with Gasteiger partial charge in [-0.25, -0.2) is 32.3 Å². The fraction of sp³-hybridized carbons (Fsp3) is 0.421. The number of sulfonamides is 1. The van der Waals surface area contributed by atoms with Crippen LogP contribution in [0.5, 0.6) is 0 Å². The van der Waals surface area contributed by atoms with Crippen LogP contribution in [0.2, 0.25) is 0 Å². The molecule has 2 aromatic rings. The number of aromatic nitrogens is 2. The highest BCUT2D eigenvalue weighted by molar-refractivity contribution is 7.89. The number of amides is 1. The Labute approximate surface area is 185 Å². The van der Waals surface area contributed by atoms with Crippen molar-refractivity contribution in [2.75, 3.05) is 23.3 Å². The molecule has 1 aliphatic heterocycles. The lowest BCUT2D eigenvalue weighted by Crippen LogP contribution is -2.36. The lowest BCUT2D eigenvalue weighted by molar-refractivity contribution is -0.137. The van der Waals surface area contributed by atoms with Crippen molar-refractivity contribution in [1.29, 1.82) is 0 Å². The topological polar surface area (TPSA) is 118 Å². The molecule has 2 aliphatic rings. The summed E-state index contributed by atoms with van der Waals surface area (Å²) in [5.41, 5.74) is -2.97. The number of hydrogen-bond donors (Lipinski definition) is 2. The number of piperidine rings is 1. The van der Waals surface area contributed by atoms with Crippen LogP contribution in [-0.4, -0.2) is 43.3 Å². The van der Waals surface area contributed by atoms with Gasteiger partial charge >= 0.3 is 6.18 Å². The van der Waals surface area contributed by atoms with E-state index in [0.717, 1.165) is 12.3 Å². The molecule has 1 aliphatic carbocycles. The van der Waals surface area contributed by atoms with E-state index in [-0.39, 0.29) is 31.0 Å². The third-order valence-corrected chi connectivity index (χ3v) is 7.02. The van der Waals surface area contributed by atoms with E-state index in [1.165, 1.54) is 17.9 Å². The van der Waals surface area contributed by atoms with E-state index in [2.05, 4.69) is 15.3 Å². The number of rotatable bonds is 4. The van der Waals surface area contributed by atoms with Gasteiger partial charge in [0, 0.05) is 42.7 Å². The summed E-state index contributed by atoms with van der Waals surface area (Å²) in [6.45, 7) is 1.36. The molecule has 3 N–H and O–H groups in total. The number of halogens is 5. The molecule has 1 saturated heterocycles. The van der Waals surface area contributed by atoms with Crippen LogP contribution in [-0.2, 0) is 16.2 Å². The minimum absolute atomic E-state index is 0.0755. The minimum atomic E-state index is -4.80. The average Bonchev–Trinajstić information content (AvgIpc) is 3.17.